The smallest absolute Gasteiger partial charge is 0.316 e. The summed E-state index contributed by atoms with van der Waals surface area (Å²) >= 11 is 0. The van der Waals surface area contributed by atoms with E-state index in [1.165, 1.54) is 25.1 Å². The molecule has 0 fully saturated rings. The topological polar surface area (TPSA) is 122 Å². The zero-order valence-corrected chi connectivity index (χ0v) is 19.6. The van der Waals surface area contributed by atoms with Gasteiger partial charge in [0.15, 0.2) is 0 Å². The van der Waals surface area contributed by atoms with Crippen molar-refractivity contribution in [1.29, 1.82) is 0 Å². The number of aromatic nitrogens is 4. The quantitative estimate of drug-likeness (QED) is 0.509. The van der Waals surface area contributed by atoms with Crippen molar-refractivity contribution in [3.05, 3.63) is 64.9 Å². The lowest BCUT2D eigenvalue weighted by molar-refractivity contribution is -0.138. The van der Waals surface area contributed by atoms with Gasteiger partial charge in [-0.25, -0.2) is 15.0 Å². The van der Waals surface area contributed by atoms with E-state index in [2.05, 4.69) is 27.4 Å². The fourth-order valence-electron chi connectivity index (χ4n) is 4.79. The highest BCUT2D eigenvalue weighted by Crippen LogP contribution is 2.29. The molecule has 2 N–H and O–H groups in total. The Morgan fingerprint density at radius 1 is 1.23 bits per heavy atom. The molecule has 0 spiro atoms. The zero-order chi connectivity index (χ0) is 24.4. The highest BCUT2D eigenvalue weighted by Gasteiger charge is 2.33. The normalized spacial score (nSPS) is 15.7. The maximum Gasteiger partial charge on any atom is 0.316 e. The molecule has 1 atom stereocenters. The van der Waals surface area contributed by atoms with Crippen LogP contribution in [0.5, 0.6) is 6.01 Å². The predicted octanol–water partition coefficient (Wildman–Crippen LogP) is 2.50. The van der Waals surface area contributed by atoms with E-state index >= 15 is 0 Å². The van der Waals surface area contributed by atoms with Gasteiger partial charge in [0.25, 0.3) is 5.91 Å². The van der Waals surface area contributed by atoms with E-state index in [1.54, 1.807) is 4.90 Å². The standard InChI is InChI=1S/C25H28N6O4/c1-35-25-27-13-18(14-28-25)20(12-22(32)33)31-10-9-30-15-16(11-21(30)24(31)34)4-6-19-7-5-17-3-2-8-26-23(17)29-19/h5,7,11,13-15,20H,2-4,6,8-10,12H2,1H3,(H,26,29)(H,32,33)/t20-/m0/s1. The Morgan fingerprint density at radius 3 is 2.83 bits per heavy atom. The monoisotopic (exact) mass is 476 g/mol. The summed E-state index contributed by atoms with van der Waals surface area (Å²) in [4.78, 5) is 39.6. The number of hydrogen-bond donors (Lipinski definition) is 2. The van der Waals surface area contributed by atoms with Crippen LogP contribution in [0, 0.1) is 0 Å². The van der Waals surface area contributed by atoms with Crippen LogP contribution in [0.2, 0.25) is 0 Å². The molecule has 0 bridgehead atoms. The maximum absolute atomic E-state index is 13.4. The molecule has 5 rings (SSSR count). The molecule has 35 heavy (non-hydrogen) atoms. The molecule has 1 amide bonds. The summed E-state index contributed by atoms with van der Waals surface area (Å²) in [7, 11) is 1.46. The van der Waals surface area contributed by atoms with Crippen LogP contribution in [0.4, 0.5) is 5.82 Å². The van der Waals surface area contributed by atoms with Gasteiger partial charge in [0.05, 0.1) is 19.6 Å². The SMILES string of the molecule is COc1ncc([C@H](CC(=O)O)N2CCn3cc(CCc4ccc5c(n4)NCCC5)cc3C2=O)cn1. The Labute approximate surface area is 203 Å². The fraction of sp³-hybridized carbons (Fsp3) is 0.400. The van der Waals surface area contributed by atoms with Crippen molar-refractivity contribution >= 4 is 17.7 Å². The largest absolute Gasteiger partial charge is 0.481 e. The number of carboxylic acids is 1. The summed E-state index contributed by atoms with van der Waals surface area (Å²) in [5, 5.41) is 12.9. The summed E-state index contributed by atoms with van der Waals surface area (Å²) in [6.07, 6.45) is 8.57. The van der Waals surface area contributed by atoms with E-state index in [4.69, 9.17) is 9.72 Å². The van der Waals surface area contributed by atoms with Gasteiger partial charge in [0.2, 0.25) is 0 Å². The van der Waals surface area contributed by atoms with Crippen LogP contribution in [0.3, 0.4) is 0 Å². The minimum atomic E-state index is -0.993. The lowest BCUT2D eigenvalue weighted by atomic mass is 10.0. The first kappa shape index (κ1) is 22.8. The Hall–Kier alpha value is -3.95. The van der Waals surface area contributed by atoms with Crippen LogP contribution in [-0.4, -0.2) is 61.6 Å². The number of nitrogens with one attached hydrogen (secondary N) is 1. The van der Waals surface area contributed by atoms with Gasteiger partial charge >= 0.3 is 12.0 Å². The summed E-state index contributed by atoms with van der Waals surface area (Å²) in [6.45, 7) is 1.96. The molecule has 0 saturated carbocycles. The molecule has 0 radical (unpaired) electrons. The molecule has 3 aromatic heterocycles. The first-order valence-corrected chi connectivity index (χ1v) is 11.8. The van der Waals surface area contributed by atoms with Crippen molar-refractivity contribution in [3.63, 3.8) is 0 Å². The number of fused-ring (bicyclic) bond motifs is 2. The zero-order valence-electron chi connectivity index (χ0n) is 19.6. The van der Waals surface area contributed by atoms with Crippen LogP contribution in [0.15, 0.2) is 36.8 Å². The third kappa shape index (κ3) is 4.82. The Morgan fingerprint density at radius 2 is 2.06 bits per heavy atom. The number of nitrogens with zero attached hydrogens (tertiary/aromatic N) is 5. The first-order valence-electron chi connectivity index (χ1n) is 11.8. The van der Waals surface area contributed by atoms with Crippen LogP contribution in [0.25, 0.3) is 0 Å². The number of ether oxygens (including phenoxy) is 1. The van der Waals surface area contributed by atoms with Gasteiger partial charge in [-0.1, -0.05) is 6.07 Å². The summed E-state index contributed by atoms with van der Waals surface area (Å²) < 4.78 is 6.95. The van der Waals surface area contributed by atoms with E-state index in [9.17, 15) is 14.7 Å². The minimum absolute atomic E-state index is 0.190. The third-order valence-corrected chi connectivity index (χ3v) is 6.60. The summed E-state index contributed by atoms with van der Waals surface area (Å²) in [5.74, 6) is -0.198. The van der Waals surface area contributed by atoms with Crippen molar-refractivity contribution in [2.45, 2.75) is 44.7 Å². The minimum Gasteiger partial charge on any atom is -0.481 e. The van der Waals surface area contributed by atoms with Gasteiger partial charge in [-0.3, -0.25) is 9.59 Å². The molecule has 0 aromatic carbocycles. The molecule has 0 aliphatic carbocycles. The van der Waals surface area contributed by atoms with Crippen molar-refractivity contribution < 1.29 is 19.4 Å². The second-order valence-electron chi connectivity index (χ2n) is 8.88. The number of carboxylic acid groups (broad SMARTS) is 1. The second kappa shape index (κ2) is 9.73. The molecule has 0 unspecified atom stereocenters. The average Bonchev–Trinajstić information content (AvgIpc) is 3.30. The van der Waals surface area contributed by atoms with Gasteiger partial charge < -0.3 is 24.6 Å². The van der Waals surface area contributed by atoms with Gasteiger partial charge in [0.1, 0.15) is 11.5 Å². The predicted molar refractivity (Wildman–Crippen MR) is 128 cm³/mol. The van der Waals surface area contributed by atoms with Crippen molar-refractivity contribution in [3.8, 4) is 6.01 Å². The van der Waals surface area contributed by atoms with Gasteiger partial charge in [-0.15, -0.1) is 0 Å². The number of carbonyl (C=O) groups is 2. The number of methoxy groups -OCH3 is 1. The van der Waals surface area contributed by atoms with E-state index in [-0.39, 0.29) is 18.3 Å². The Balaban J connectivity index is 1.32. The molecule has 5 heterocycles. The van der Waals surface area contributed by atoms with Crippen molar-refractivity contribution in [2.24, 2.45) is 0 Å². The number of amides is 1. The van der Waals surface area contributed by atoms with Crippen LogP contribution < -0.4 is 10.1 Å². The van der Waals surface area contributed by atoms with Gasteiger partial charge in [-0.2, -0.15) is 0 Å². The van der Waals surface area contributed by atoms with Crippen molar-refractivity contribution in [1.82, 2.24) is 24.4 Å². The Bertz CT molecular complexity index is 1240. The highest BCUT2D eigenvalue weighted by atomic mass is 16.5. The highest BCUT2D eigenvalue weighted by molar-refractivity contribution is 5.94. The van der Waals surface area contributed by atoms with Crippen molar-refractivity contribution in [2.75, 3.05) is 25.5 Å². The van der Waals surface area contributed by atoms with Crippen LogP contribution in [0.1, 0.15) is 51.8 Å². The molecular weight excluding hydrogens is 448 g/mol. The fourth-order valence-corrected chi connectivity index (χ4v) is 4.79. The van der Waals surface area contributed by atoms with E-state index in [0.29, 0.717) is 24.3 Å². The van der Waals surface area contributed by atoms with Gasteiger partial charge in [-0.05, 0) is 48.9 Å². The average molecular weight is 477 g/mol. The Kier molecular flexibility index (Phi) is 6.35. The summed E-state index contributed by atoms with van der Waals surface area (Å²) in [5.41, 5.74) is 4.48. The molecule has 2 aliphatic rings. The molecule has 0 saturated heterocycles. The summed E-state index contributed by atoms with van der Waals surface area (Å²) in [6, 6.07) is 5.68. The molecule has 3 aromatic rings. The number of rotatable bonds is 8. The number of aryl methyl sites for hydroxylation is 3. The molecule has 10 heteroatoms. The third-order valence-electron chi connectivity index (χ3n) is 6.60. The second-order valence-corrected chi connectivity index (χ2v) is 8.88. The molecule has 182 valence electrons. The molecular formula is C25H28N6O4. The maximum atomic E-state index is 13.4. The van der Waals surface area contributed by atoms with E-state index in [1.807, 2.05) is 16.8 Å². The number of carbonyl (C=O) groups excluding carboxylic acids is 1. The van der Waals surface area contributed by atoms with Gasteiger partial charge in [0, 0.05) is 49.5 Å². The van der Waals surface area contributed by atoms with Crippen LogP contribution in [-0.2, 0) is 30.6 Å². The van der Waals surface area contributed by atoms with E-state index < -0.39 is 12.0 Å². The first-order chi connectivity index (χ1) is 17.0. The number of anilines is 1. The number of aliphatic carboxylic acids is 1. The van der Waals surface area contributed by atoms with Crippen LogP contribution >= 0.6 is 0 Å². The number of hydrogen-bond acceptors (Lipinski definition) is 7. The number of pyridine rings is 1. The molecule has 10 nitrogen and oxygen atoms in total. The lowest BCUT2D eigenvalue weighted by Crippen LogP contribution is -2.43. The molecule has 2 aliphatic heterocycles. The van der Waals surface area contributed by atoms with E-state index in [0.717, 1.165) is 49.3 Å². The lowest BCUT2D eigenvalue weighted by Gasteiger charge is -2.34.